The number of nitrogens with zero attached hydrogens (tertiary/aromatic N) is 3. The van der Waals surface area contributed by atoms with Gasteiger partial charge in [-0.15, -0.1) is 0 Å². The third-order valence-electron chi connectivity index (χ3n) is 6.28. The Morgan fingerprint density at radius 2 is 1.81 bits per heavy atom. The summed E-state index contributed by atoms with van der Waals surface area (Å²) in [5.41, 5.74) is 8.32. The van der Waals surface area contributed by atoms with E-state index in [1.54, 1.807) is 13.1 Å². The minimum Gasteiger partial charge on any atom is -0.489 e. The fraction of sp³-hybridized carbons (Fsp3) is 0.440. The quantitative estimate of drug-likeness (QED) is 0.169. The molecule has 36 heavy (non-hydrogen) atoms. The van der Waals surface area contributed by atoms with Crippen molar-refractivity contribution < 1.29 is 23.9 Å². The van der Waals surface area contributed by atoms with Crippen LogP contribution in [0.3, 0.4) is 0 Å². The van der Waals surface area contributed by atoms with Crippen LogP contribution in [0.25, 0.3) is 5.70 Å². The Labute approximate surface area is 209 Å². The molecular weight excluding hydrogens is 466 g/mol. The molecule has 2 aliphatic rings. The van der Waals surface area contributed by atoms with Crippen molar-refractivity contribution in [2.24, 2.45) is 11.6 Å². The molecular formula is C25H31N5O6. The fourth-order valence-corrected chi connectivity index (χ4v) is 4.13. The molecule has 2 aliphatic carbocycles. The first-order valence-corrected chi connectivity index (χ1v) is 12.1. The summed E-state index contributed by atoms with van der Waals surface area (Å²) in [6.45, 7) is -0.259. The fourth-order valence-electron chi connectivity index (χ4n) is 4.13. The molecule has 0 amide bonds. The van der Waals surface area contributed by atoms with Gasteiger partial charge in [-0.3, -0.25) is 10.1 Å². The number of nitrogens with two attached hydrogens (primary N) is 2. The second kappa shape index (κ2) is 11.3. The number of carbonyl (C=O) groups excluding carboxylic acids is 1. The van der Waals surface area contributed by atoms with Crippen LogP contribution in [0.4, 0.5) is 10.5 Å². The molecule has 192 valence electrons. The zero-order chi connectivity index (χ0) is 25.7. The Balaban J connectivity index is 1.45. The molecule has 4 rings (SSSR count). The van der Waals surface area contributed by atoms with E-state index >= 15 is 0 Å². The minimum atomic E-state index is -1.00. The van der Waals surface area contributed by atoms with Crippen molar-refractivity contribution in [1.82, 2.24) is 9.99 Å². The number of benzene rings is 1. The number of hydrazine groups is 1. The highest BCUT2D eigenvalue weighted by Crippen LogP contribution is 2.44. The van der Waals surface area contributed by atoms with Gasteiger partial charge in [0.2, 0.25) is 0 Å². The van der Waals surface area contributed by atoms with Gasteiger partial charge in [-0.05, 0) is 62.8 Å². The van der Waals surface area contributed by atoms with Crippen molar-refractivity contribution in [3.05, 3.63) is 63.6 Å². The minimum absolute atomic E-state index is 0.106. The zero-order valence-electron chi connectivity index (χ0n) is 20.2. The summed E-state index contributed by atoms with van der Waals surface area (Å²) < 4.78 is 16.6. The third-order valence-corrected chi connectivity index (χ3v) is 6.28. The molecule has 2 fully saturated rings. The number of hydrogen-bond acceptors (Lipinski definition) is 10. The topological polar surface area (TPSA) is 156 Å². The van der Waals surface area contributed by atoms with Gasteiger partial charge in [0.15, 0.2) is 0 Å². The maximum Gasteiger partial charge on any atom is 0.514 e. The van der Waals surface area contributed by atoms with Gasteiger partial charge in [0.05, 0.1) is 33.8 Å². The van der Waals surface area contributed by atoms with E-state index in [-0.39, 0.29) is 29.8 Å². The normalized spacial score (nSPS) is 16.6. The highest BCUT2D eigenvalue weighted by atomic mass is 16.7. The highest BCUT2D eigenvalue weighted by Gasteiger charge is 2.30. The summed E-state index contributed by atoms with van der Waals surface area (Å²) in [4.78, 5) is 27.2. The van der Waals surface area contributed by atoms with Crippen molar-refractivity contribution >= 4 is 17.5 Å². The number of rotatable bonds is 9. The second-order valence-corrected chi connectivity index (χ2v) is 9.10. The Bertz CT molecular complexity index is 1120. The van der Waals surface area contributed by atoms with Crippen LogP contribution < -0.4 is 21.1 Å². The summed E-state index contributed by atoms with van der Waals surface area (Å²) in [5.74, 6) is 7.24. The SMILES string of the molecule is CN(N)/C(COC(=O)Oc1ccc([N+](=O)[O-])cc1)=C(\N)c1ccc(OC2CCCCC2)c(C2CC2)n1. The predicted octanol–water partition coefficient (Wildman–Crippen LogP) is 4.23. The number of nitro groups is 1. The maximum absolute atomic E-state index is 12.2. The number of likely N-dealkylation sites (N-methyl/N-ethyl adjacent to an activating group) is 1. The van der Waals surface area contributed by atoms with Gasteiger partial charge >= 0.3 is 6.16 Å². The number of aromatic nitrogens is 1. The Hall–Kier alpha value is -3.86. The largest absolute Gasteiger partial charge is 0.514 e. The van der Waals surface area contributed by atoms with Gasteiger partial charge in [0, 0.05) is 25.1 Å². The lowest BCUT2D eigenvalue weighted by molar-refractivity contribution is -0.384. The van der Waals surface area contributed by atoms with E-state index in [1.807, 2.05) is 6.07 Å². The zero-order valence-corrected chi connectivity index (χ0v) is 20.2. The number of carbonyl (C=O) groups is 1. The Morgan fingerprint density at radius 1 is 1.11 bits per heavy atom. The van der Waals surface area contributed by atoms with Crippen LogP contribution in [0.1, 0.15) is 62.3 Å². The molecule has 11 nitrogen and oxygen atoms in total. The molecule has 2 saturated carbocycles. The van der Waals surface area contributed by atoms with Crippen LogP contribution >= 0.6 is 0 Å². The first kappa shape index (κ1) is 25.2. The van der Waals surface area contributed by atoms with Crippen LogP contribution in [0.5, 0.6) is 11.5 Å². The number of hydrogen-bond donors (Lipinski definition) is 2. The maximum atomic E-state index is 12.2. The lowest BCUT2D eigenvalue weighted by Crippen LogP contribution is -2.31. The van der Waals surface area contributed by atoms with Gasteiger partial charge < -0.3 is 25.0 Å². The average Bonchev–Trinajstić information content (AvgIpc) is 3.70. The summed E-state index contributed by atoms with van der Waals surface area (Å²) in [5, 5.41) is 12.0. The van der Waals surface area contributed by atoms with Crippen LogP contribution in [-0.2, 0) is 4.74 Å². The van der Waals surface area contributed by atoms with Gasteiger partial charge in [-0.25, -0.2) is 15.6 Å². The monoisotopic (exact) mass is 497 g/mol. The first-order valence-electron chi connectivity index (χ1n) is 12.1. The Morgan fingerprint density at radius 3 is 2.42 bits per heavy atom. The summed E-state index contributed by atoms with van der Waals surface area (Å²) in [7, 11) is 1.58. The standard InChI is InChI=1S/C25H31N5O6/c1-29(27)21(15-34-25(31)36-19-11-9-17(10-12-19)30(32)33)23(26)20-13-14-22(24(28-20)16-7-8-16)35-18-5-3-2-4-6-18/h9-14,16,18H,2-8,15,26-27H2,1H3/b23-21-. The average molecular weight is 498 g/mol. The predicted molar refractivity (Wildman–Crippen MR) is 132 cm³/mol. The smallest absolute Gasteiger partial charge is 0.489 e. The summed E-state index contributed by atoms with van der Waals surface area (Å²) >= 11 is 0. The van der Waals surface area contributed by atoms with Crippen molar-refractivity contribution in [3.8, 4) is 11.5 Å². The Kier molecular flexibility index (Phi) is 7.89. The number of nitro benzene ring substituents is 1. The first-order chi connectivity index (χ1) is 17.3. The van der Waals surface area contributed by atoms with Crippen molar-refractivity contribution in [2.45, 2.75) is 57.0 Å². The number of pyridine rings is 1. The number of ether oxygens (including phenoxy) is 3. The molecule has 0 aliphatic heterocycles. The lowest BCUT2D eigenvalue weighted by Gasteiger charge is -2.24. The van der Waals surface area contributed by atoms with Crippen LogP contribution in [0.2, 0.25) is 0 Å². The van der Waals surface area contributed by atoms with E-state index in [2.05, 4.69) is 0 Å². The number of non-ortho nitro benzene ring substituents is 1. The molecule has 0 saturated heterocycles. The molecule has 4 N–H and O–H groups in total. The summed E-state index contributed by atoms with van der Waals surface area (Å²) in [6.07, 6.45) is 7.08. The van der Waals surface area contributed by atoms with E-state index in [9.17, 15) is 14.9 Å². The molecule has 1 aromatic carbocycles. The van der Waals surface area contributed by atoms with Gasteiger partial charge in [0.1, 0.15) is 18.1 Å². The van der Waals surface area contributed by atoms with Gasteiger partial charge in [-0.1, -0.05) is 6.42 Å². The van der Waals surface area contributed by atoms with Crippen molar-refractivity contribution in [2.75, 3.05) is 13.7 Å². The molecule has 0 bridgehead atoms. The van der Waals surface area contributed by atoms with Crippen LogP contribution in [-0.4, -0.2) is 40.8 Å². The summed E-state index contributed by atoms with van der Waals surface area (Å²) in [6, 6.07) is 8.77. The van der Waals surface area contributed by atoms with E-state index in [1.165, 1.54) is 48.5 Å². The molecule has 0 unspecified atom stereocenters. The van der Waals surface area contributed by atoms with Crippen LogP contribution in [0.15, 0.2) is 42.1 Å². The van der Waals surface area contributed by atoms with E-state index in [0.29, 0.717) is 17.3 Å². The second-order valence-electron chi connectivity index (χ2n) is 9.10. The van der Waals surface area contributed by atoms with E-state index in [4.69, 9.17) is 30.8 Å². The van der Waals surface area contributed by atoms with Crippen molar-refractivity contribution in [3.63, 3.8) is 0 Å². The third kappa shape index (κ3) is 6.42. The molecule has 11 heteroatoms. The highest BCUT2D eigenvalue weighted by molar-refractivity contribution is 5.66. The molecule has 1 aromatic heterocycles. The molecule has 2 aromatic rings. The lowest BCUT2D eigenvalue weighted by atomic mass is 9.98. The molecule has 0 spiro atoms. The molecule has 1 heterocycles. The van der Waals surface area contributed by atoms with Gasteiger partial charge in [-0.2, -0.15) is 0 Å². The van der Waals surface area contributed by atoms with E-state index < -0.39 is 11.1 Å². The van der Waals surface area contributed by atoms with Crippen LogP contribution in [0, 0.1) is 10.1 Å². The van der Waals surface area contributed by atoms with Crippen molar-refractivity contribution in [1.29, 1.82) is 0 Å². The molecule has 0 atom stereocenters. The molecule has 0 radical (unpaired) electrons. The van der Waals surface area contributed by atoms with E-state index in [0.717, 1.165) is 37.1 Å². The van der Waals surface area contributed by atoms with Gasteiger partial charge in [0.25, 0.3) is 5.69 Å².